The molecule has 0 spiro atoms. The highest BCUT2D eigenvalue weighted by Crippen LogP contribution is 2.31. The van der Waals surface area contributed by atoms with Gasteiger partial charge in [0.25, 0.3) is 0 Å². The fourth-order valence-corrected chi connectivity index (χ4v) is 4.75. The number of hydrogen-bond donors (Lipinski definition) is 5. The molecule has 0 aliphatic rings. The van der Waals surface area contributed by atoms with Gasteiger partial charge in [0.05, 0.1) is 22.2 Å². The Bertz CT molecular complexity index is 1610. The van der Waals surface area contributed by atoms with Gasteiger partial charge in [-0.2, -0.15) is 4.98 Å². The van der Waals surface area contributed by atoms with Crippen molar-refractivity contribution in [2.24, 2.45) is 5.73 Å². The molecule has 0 aliphatic carbocycles. The Morgan fingerprint density at radius 3 is 2.78 bits per heavy atom. The number of hydrogen-bond acceptors (Lipinski definition) is 5. The highest BCUT2D eigenvalue weighted by Gasteiger charge is 2.16. The number of fused-ring (bicyclic) bond motifs is 1. The number of rotatable bonds is 13. The molecule has 8 nitrogen and oxygen atoms in total. The monoisotopic (exact) mass is 581 g/mol. The lowest BCUT2D eigenvalue weighted by Crippen LogP contribution is -2.25. The summed E-state index contributed by atoms with van der Waals surface area (Å²) in [6.45, 7) is 7.03. The highest BCUT2D eigenvalue weighted by molar-refractivity contribution is 6.31. The predicted octanol–water partition coefficient (Wildman–Crippen LogP) is 5.21. The van der Waals surface area contributed by atoms with Gasteiger partial charge in [0.1, 0.15) is 11.5 Å². The van der Waals surface area contributed by atoms with Crippen molar-refractivity contribution < 1.29 is 8.78 Å². The fraction of sp³-hybridized carbons (Fsp3) is 0.300. The summed E-state index contributed by atoms with van der Waals surface area (Å²) in [7, 11) is 0. The van der Waals surface area contributed by atoms with Crippen molar-refractivity contribution in [2.75, 3.05) is 13.1 Å². The first-order chi connectivity index (χ1) is 19.7. The molecule has 41 heavy (non-hydrogen) atoms. The SMILES string of the molecule is C=C[C@@H](N)CCCc1cc(Cl)c(F)c(-c2cc3cn(-c4ccc(CNCCCNC(C)=N)c(F)c4)c(=O)nc3[nH]2)c1. The molecule has 4 aromatic rings. The Morgan fingerprint density at radius 2 is 2.05 bits per heavy atom. The van der Waals surface area contributed by atoms with Crippen molar-refractivity contribution in [3.63, 3.8) is 0 Å². The number of nitrogens with two attached hydrogens (primary N) is 1. The maximum Gasteiger partial charge on any atom is 0.354 e. The summed E-state index contributed by atoms with van der Waals surface area (Å²) >= 11 is 6.21. The van der Waals surface area contributed by atoms with Crippen LogP contribution in [0.4, 0.5) is 8.78 Å². The molecule has 2 heterocycles. The molecular weight excluding hydrogens is 548 g/mol. The highest BCUT2D eigenvalue weighted by atomic mass is 35.5. The molecular formula is C30H34ClF2N7O. The standard InChI is InChI=1S/C30H34ClF2N7O/c1-3-22(35)7-4-6-19-12-24(28(33)25(31)13-19)27-14-21-17-40(30(41)39-29(21)38-27)23-9-8-20(26(32)15-23)16-36-10-5-11-37-18(2)34/h3,8-9,12-15,17,22,36H,1,4-7,10-11,16,35H2,2H3,(H2,34,37)(H,38,39,41)/t22-/m1/s1. The van der Waals surface area contributed by atoms with Gasteiger partial charge in [0.2, 0.25) is 0 Å². The number of halogens is 3. The minimum Gasteiger partial charge on any atom is -0.374 e. The molecule has 2 aromatic heterocycles. The van der Waals surface area contributed by atoms with Gasteiger partial charge in [-0.05, 0) is 75.0 Å². The van der Waals surface area contributed by atoms with Gasteiger partial charge >= 0.3 is 5.69 Å². The van der Waals surface area contributed by atoms with Crippen LogP contribution in [0.2, 0.25) is 5.02 Å². The minimum absolute atomic E-state index is 0.0000976. The number of H-pyrrole nitrogens is 1. The van der Waals surface area contributed by atoms with Crippen LogP contribution in [0.1, 0.15) is 37.3 Å². The number of amidine groups is 1. The van der Waals surface area contributed by atoms with Gasteiger partial charge in [0, 0.05) is 41.8 Å². The number of nitrogens with one attached hydrogen (secondary N) is 4. The van der Waals surface area contributed by atoms with E-state index in [4.69, 9.17) is 22.7 Å². The molecule has 11 heteroatoms. The summed E-state index contributed by atoms with van der Waals surface area (Å²) in [6.07, 6.45) is 6.24. The third-order valence-electron chi connectivity index (χ3n) is 6.74. The number of aromatic amines is 1. The third-order valence-corrected chi connectivity index (χ3v) is 7.02. The van der Waals surface area contributed by atoms with Crippen molar-refractivity contribution in [3.8, 4) is 16.9 Å². The van der Waals surface area contributed by atoms with Gasteiger partial charge in [-0.3, -0.25) is 9.98 Å². The first-order valence-electron chi connectivity index (χ1n) is 13.4. The van der Waals surface area contributed by atoms with E-state index in [-0.39, 0.29) is 22.3 Å². The van der Waals surface area contributed by atoms with Crippen LogP contribution in [0.3, 0.4) is 0 Å². The number of aromatic nitrogens is 3. The number of nitrogens with zero attached hydrogens (tertiary/aromatic N) is 2. The minimum atomic E-state index is -0.601. The van der Waals surface area contributed by atoms with Crippen LogP contribution in [0.15, 0.2) is 60.0 Å². The smallest absolute Gasteiger partial charge is 0.354 e. The Hall–Kier alpha value is -3.86. The summed E-state index contributed by atoms with van der Waals surface area (Å²) in [5.74, 6) is -0.618. The van der Waals surface area contributed by atoms with Gasteiger partial charge < -0.3 is 21.4 Å². The van der Waals surface area contributed by atoms with Crippen molar-refractivity contribution in [1.82, 2.24) is 25.2 Å². The lowest BCUT2D eigenvalue weighted by atomic mass is 10.0. The molecule has 0 unspecified atom stereocenters. The maximum atomic E-state index is 15.1. The first-order valence-corrected chi connectivity index (χ1v) is 13.8. The van der Waals surface area contributed by atoms with E-state index in [1.165, 1.54) is 10.6 Å². The Kier molecular flexibility index (Phi) is 10.0. The number of benzene rings is 2. The second kappa shape index (κ2) is 13.7. The van der Waals surface area contributed by atoms with Crippen LogP contribution >= 0.6 is 11.6 Å². The van der Waals surface area contributed by atoms with E-state index in [9.17, 15) is 9.18 Å². The zero-order valence-corrected chi connectivity index (χ0v) is 23.6. The molecule has 1 atom stereocenters. The molecule has 216 valence electrons. The van der Waals surface area contributed by atoms with Gasteiger partial charge in [-0.15, -0.1) is 6.58 Å². The van der Waals surface area contributed by atoms with E-state index >= 15 is 4.39 Å². The normalized spacial score (nSPS) is 12.0. The second-order valence-electron chi connectivity index (χ2n) is 9.97. The van der Waals surface area contributed by atoms with Crippen LogP contribution < -0.4 is 22.1 Å². The zero-order chi connectivity index (χ0) is 29.5. The Morgan fingerprint density at radius 1 is 1.24 bits per heavy atom. The third kappa shape index (κ3) is 7.66. The molecule has 0 saturated heterocycles. The average Bonchev–Trinajstić information content (AvgIpc) is 3.34. The van der Waals surface area contributed by atoms with Crippen LogP contribution in [-0.2, 0) is 13.0 Å². The molecule has 0 saturated carbocycles. The average molecular weight is 582 g/mol. The fourth-order valence-electron chi connectivity index (χ4n) is 4.51. The van der Waals surface area contributed by atoms with Crippen molar-refractivity contribution in [3.05, 3.63) is 93.5 Å². The van der Waals surface area contributed by atoms with Gasteiger partial charge in [-0.1, -0.05) is 23.7 Å². The van der Waals surface area contributed by atoms with Crippen LogP contribution in [0.25, 0.3) is 28.0 Å². The zero-order valence-electron chi connectivity index (χ0n) is 22.9. The van der Waals surface area contributed by atoms with E-state index in [1.807, 2.05) is 0 Å². The summed E-state index contributed by atoms with van der Waals surface area (Å²) < 4.78 is 31.2. The molecule has 0 aliphatic heterocycles. The van der Waals surface area contributed by atoms with E-state index in [0.717, 1.165) is 24.8 Å². The summed E-state index contributed by atoms with van der Waals surface area (Å²) in [5, 5.41) is 14.0. The topological polar surface area (TPSA) is 125 Å². The largest absolute Gasteiger partial charge is 0.374 e. The molecule has 2 aromatic carbocycles. The summed E-state index contributed by atoms with van der Waals surface area (Å²) in [4.78, 5) is 20.0. The number of aryl methyl sites for hydroxylation is 1. The molecule has 6 N–H and O–H groups in total. The molecule has 0 bridgehead atoms. The second-order valence-corrected chi connectivity index (χ2v) is 10.4. The Labute approximate surface area is 242 Å². The summed E-state index contributed by atoms with van der Waals surface area (Å²) in [5.41, 5.74) is 7.93. The quantitative estimate of drug-likeness (QED) is 0.0641. The van der Waals surface area contributed by atoms with Crippen molar-refractivity contribution >= 4 is 28.5 Å². The van der Waals surface area contributed by atoms with Crippen LogP contribution in [0.5, 0.6) is 0 Å². The van der Waals surface area contributed by atoms with E-state index in [1.54, 1.807) is 49.5 Å². The molecule has 0 radical (unpaired) electrons. The van der Waals surface area contributed by atoms with E-state index in [2.05, 4.69) is 27.2 Å². The van der Waals surface area contributed by atoms with Crippen molar-refractivity contribution in [2.45, 2.75) is 45.2 Å². The lowest BCUT2D eigenvalue weighted by molar-refractivity contribution is 0.579. The first kappa shape index (κ1) is 30.1. The molecule has 0 amide bonds. The molecule has 4 rings (SSSR count). The van der Waals surface area contributed by atoms with Gasteiger partial charge in [-0.25, -0.2) is 13.6 Å². The predicted molar refractivity (Wildman–Crippen MR) is 161 cm³/mol. The van der Waals surface area contributed by atoms with Gasteiger partial charge in [0.15, 0.2) is 5.82 Å². The molecule has 0 fully saturated rings. The van der Waals surface area contributed by atoms with Crippen LogP contribution in [-0.4, -0.2) is 39.5 Å². The maximum absolute atomic E-state index is 15.1. The lowest BCUT2D eigenvalue weighted by Gasteiger charge is -2.10. The van der Waals surface area contributed by atoms with Crippen molar-refractivity contribution in [1.29, 1.82) is 5.41 Å². The Balaban J connectivity index is 1.53. The van der Waals surface area contributed by atoms with Crippen LogP contribution in [0, 0.1) is 17.0 Å². The van der Waals surface area contributed by atoms with E-state index < -0.39 is 17.3 Å². The van der Waals surface area contributed by atoms with E-state index in [0.29, 0.717) is 54.2 Å². The summed E-state index contributed by atoms with van der Waals surface area (Å²) in [6, 6.07) is 9.50.